The molecule has 4 nitrogen and oxygen atoms in total. The fourth-order valence-corrected chi connectivity index (χ4v) is 3.34. The summed E-state index contributed by atoms with van der Waals surface area (Å²) < 4.78 is 0. The van der Waals surface area contributed by atoms with E-state index in [0.29, 0.717) is 12.3 Å². The van der Waals surface area contributed by atoms with Gasteiger partial charge in [0, 0.05) is 17.3 Å². The van der Waals surface area contributed by atoms with Gasteiger partial charge in [0.15, 0.2) is 0 Å². The van der Waals surface area contributed by atoms with Gasteiger partial charge in [-0.15, -0.1) is 5.10 Å². The third kappa shape index (κ3) is 4.11. The number of hydrogen-bond donors (Lipinski definition) is 1. The molecule has 2 aromatic carbocycles. The minimum Gasteiger partial charge on any atom is -0.355 e. The minimum absolute atomic E-state index is 0.0170. The Labute approximate surface area is 145 Å². The van der Waals surface area contributed by atoms with Crippen LogP contribution < -0.4 is 5.32 Å². The number of carbonyl (C=O) groups is 1. The zero-order valence-electron chi connectivity index (χ0n) is 13.5. The van der Waals surface area contributed by atoms with Gasteiger partial charge in [-0.1, -0.05) is 60.3 Å². The largest absolute Gasteiger partial charge is 0.355 e. The third-order valence-corrected chi connectivity index (χ3v) is 4.84. The van der Waals surface area contributed by atoms with E-state index in [-0.39, 0.29) is 5.91 Å². The molecule has 0 aliphatic carbocycles. The Morgan fingerprint density at radius 2 is 1.92 bits per heavy atom. The molecule has 5 heteroatoms. The van der Waals surface area contributed by atoms with Crippen LogP contribution in [0.15, 0.2) is 59.8 Å². The highest BCUT2D eigenvalue weighted by Gasteiger charge is 2.07. The number of fused-ring (bicyclic) bond motifs is 1. The van der Waals surface area contributed by atoms with Gasteiger partial charge >= 0.3 is 0 Å². The van der Waals surface area contributed by atoms with Crippen LogP contribution in [-0.2, 0) is 11.2 Å². The Balaban J connectivity index is 1.51. The summed E-state index contributed by atoms with van der Waals surface area (Å²) in [6, 6.07) is 16.2. The first-order chi connectivity index (χ1) is 11.7. The van der Waals surface area contributed by atoms with Crippen molar-refractivity contribution in [3.05, 3.63) is 65.9 Å². The highest BCUT2D eigenvalue weighted by atomic mass is 32.2. The smallest absolute Gasteiger partial charge is 0.230 e. The normalized spacial score (nSPS) is 10.7. The lowest BCUT2D eigenvalue weighted by molar-refractivity contribution is -0.118. The number of aryl methyl sites for hydroxylation is 1. The molecule has 3 aromatic rings. The van der Waals surface area contributed by atoms with Crippen molar-refractivity contribution in [2.24, 2.45) is 0 Å². The number of benzene rings is 2. The summed E-state index contributed by atoms with van der Waals surface area (Å²) in [6.07, 6.45) is 2.58. The summed E-state index contributed by atoms with van der Waals surface area (Å²) in [5, 5.41) is 14.0. The summed E-state index contributed by atoms with van der Waals surface area (Å²) in [5.41, 5.74) is 2.53. The van der Waals surface area contributed by atoms with Gasteiger partial charge in [0.05, 0.1) is 11.9 Å². The molecular formula is C19H19N3OS. The molecule has 0 saturated heterocycles. The summed E-state index contributed by atoms with van der Waals surface area (Å²) in [7, 11) is 0. The highest BCUT2D eigenvalue weighted by molar-refractivity contribution is 8.00. The van der Waals surface area contributed by atoms with Crippen LogP contribution in [0.4, 0.5) is 0 Å². The maximum absolute atomic E-state index is 12.0. The quantitative estimate of drug-likeness (QED) is 0.701. The van der Waals surface area contributed by atoms with Crippen LogP contribution in [0.3, 0.4) is 0 Å². The van der Waals surface area contributed by atoms with Crippen molar-refractivity contribution in [3.63, 3.8) is 0 Å². The van der Waals surface area contributed by atoms with Gasteiger partial charge in [0.1, 0.15) is 5.03 Å². The van der Waals surface area contributed by atoms with E-state index in [1.54, 1.807) is 6.20 Å². The number of carbonyl (C=O) groups excluding carboxylic acids is 1. The number of nitrogens with one attached hydrogen (secondary N) is 1. The molecule has 0 fully saturated rings. The highest BCUT2D eigenvalue weighted by Crippen LogP contribution is 2.24. The van der Waals surface area contributed by atoms with Crippen molar-refractivity contribution in [3.8, 4) is 0 Å². The van der Waals surface area contributed by atoms with Gasteiger partial charge in [-0.2, -0.15) is 5.10 Å². The van der Waals surface area contributed by atoms with E-state index in [9.17, 15) is 4.79 Å². The molecule has 1 N–H and O–H groups in total. The third-order valence-electron chi connectivity index (χ3n) is 3.85. The van der Waals surface area contributed by atoms with E-state index in [2.05, 4.69) is 34.6 Å². The second-order valence-corrected chi connectivity index (χ2v) is 6.52. The van der Waals surface area contributed by atoms with E-state index in [4.69, 9.17) is 0 Å². The first-order valence-electron chi connectivity index (χ1n) is 7.88. The summed E-state index contributed by atoms with van der Waals surface area (Å²) in [5.74, 6) is 0.361. The average molecular weight is 337 g/mol. The van der Waals surface area contributed by atoms with Gasteiger partial charge in [-0.05, 0) is 24.5 Å². The molecule has 1 amide bonds. The fourth-order valence-electron chi connectivity index (χ4n) is 2.52. The van der Waals surface area contributed by atoms with E-state index >= 15 is 0 Å². The SMILES string of the molecule is Cc1ccccc1CCNC(=O)CSc1nncc2ccccc12. The lowest BCUT2D eigenvalue weighted by Crippen LogP contribution is -2.27. The molecular weight excluding hydrogens is 318 g/mol. The second kappa shape index (κ2) is 7.93. The molecule has 0 bridgehead atoms. The fraction of sp³-hybridized carbons (Fsp3) is 0.211. The molecule has 0 unspecified atom stereocenters. The van der Waals surface area contributed by atoms with Gasteiger partial charge in [-0.3, -0.25) is 4.79 Å². The Morgan fingerprint density at radius 3 is 2.79 bits per heavy atom. The number of hydrogen-bond acceptors (Lipinski definition) is 4. The molecule has 122 valence electrons. The second-order valence-electron chi connectivity index (χ2n) is 5.55. The number of amides is 1. The van der Waals surface area contributed by atoms with Crippen LogP contribution in [-0.4, -0.2) is 28.4 Å². The molecule has 0 spiro atoms. The molecule has 1 heterocycles. The van der Waals surface area contributed by atoms with Crippen LogP contribution in [0, 0.1) is 6.92 Å². The number of aromatic nitrogens is 2. The topological polar surface area (TPSA) is 54.9 Å². The van der Waals surface area contributed by atoms with Gasteiger partial charge in [0.2, 0.25) is 5.91 Å². The maximum atomic E-state index is 12.0. The van der Waals surface area contributed by atoms with Crippen molar-refractivity contribution in [2.45, 2.75) is 18.4 Å². The van der Waals surface area contributed by atoms with E-state index in [1.165, 1.54) is 22.9 Å². The summed E-state index contributed by atoms with van der Waals surface area (Å²) in [6.45, 7) is 2.73. The predicted molar refractivity (Wildman–Crippen MR) is 98.2 cm³/mol. The van der Waals surface area contributed by atoms with Crippen molar-refractivity contribution in [2.75, 3.05) is 12.3 Å². The summed E-state index contributed by atoms with van der Waals surface area (Å²) in [4.78, 5) is 12.0. The number of thioether (sulfide) groups is 1. The Kier molecular flexibility index (Phi) is 5.43. The zero-order valence-corrected chi connectivity index (χ0v) is 14.3. The standard InChI is InChI=1S/C19H19N3OS/c1-14-6-2-3-7-15(14)10-11-20-18(23)13-24-19-17-9-5-4-8-16(17)12-21-22-19/h2-9,12H,10-11,13H2,1H3,(H,20,23). The predicted octanol–water partition coefficient (Wildman–Crippen LogP) is 3.39. The molecule has 24 heavy (non-hydrogen) atoms. The lowest BCUT2D eigenvalue weighted by atomic mass is 10.1. The van der Waals surface area contributed by atoms with Crippen molar-refractivity contribution >= 4 is 28.4 Å². The molecule has 0 aliphatic rings. The molecule has 1 aromatic heterocycles. The van der Waals surface area contributed by atoms with Crippen molar-refractivity contribution in [1.29, 1.82) is 0 Å². The number of nitrogens with zero attached hydrogens (tertiary/aromatic N) is 2. The average Bonchev–Trinajstić information content (AvgIpc) is 2.61. The van der Waals surface area contributed by atoms with Gasteiger partial charge in [-0.25, -0.2) is 0 Å². The van der Waals surface area contributed by atoms with E-state index in [0.717, 1.165) is 22.2 Å². The van der Waals surface area contributed by atoms with Crippen molar-refractivity contribution < 1.29 is 4.79 Å². The van der Waals surface area contributed by atoms with Crippen LogP contribution in [0.25, 0.3) is 10.8 Å². The molecule has 0 atom stereocenters. The van der Waals surface area contributed by atoms with Gasteiger partial charge < -0.3 is 5.32 Å². The van der Waals surface area contributed by atoms with Crippen LogP contribution in [0.1, 0.15) is 11.1 Å². The lowest BCUT2D eigenvalue weighted by Gasteiger charge is -2.08. The van der Waals surface area contributed by atoms with Crippen LogP contribution >= 0.6 is 11.8 Å². The Morgan fingerprint density at radius 1 is 1.12 bits per heavy atom. The first kappa shape index (κ1) is 16.5. The Bertz CT molecular complexity index is 845. The maximum Gasteiger partial charge on any atom is 0.230 e. The molecule has 0 radical (unpaired) electrons. The van der Waals surface area contributed by atoms with Crippen LogP contribution in [0.2, 0.25) is 0 Å². The summed E-state index contributed by atoms with van der Waals surface area (Å²) >= 11 is 1.42. The van der Waals surface area contributed by atoms with Crippen molar-refractivity contribution in [1.82, 2.24) is 15.5 Å². The molecule has 3 rings (SSSR count). The zero-order chi connectivity index (χ0) is 16.8. The molecule has 0 aliphatic heterocycles. The van der Waals surface area contributed by atoms with Crippen LogP contribution in [0.5, 0.6) is 0 Å². The molecule has 0 saturated carbocycles. The number of rotatable bonds is 6. The monoisotopic (exact) mass is 337 g/mol. The van der Waals surface area contributed by atoms with E-state index in [1.807, 2.05) is 36.4 Å². The first-order valence-corrected chi connectivity index (χ1v) is 8.87. The van der Waals surface area contributed by atoms with E-state index < -0.39 is 0 Å². The Hall–Kier alpha value is -2.40. The minimum atomic E-state index is 0.0170. The van der Waals surface area contributed by atoms with Gasteiger partial charge in [0.25, 0.3) is 0 Å².